The molecule has 1 aromatic heterocycles. The van der Waals surface area contributed by atoms with Gasteiger partial charge in [0.05, 0.1) is 11.1 Å². The number of carbonyl (C=O) groups is 1. The van der Waals surface area contributed by atoms with Gasteiger partial charge in [0.25, 0.3) is 5.91 Å². The Labute approximate surface area is 140 Å². The third-order valence-corrected chi connectivity index (χ3v) is 3.75. The first kappa shape index (κ1) is 16.2. The van der Waals surface area contributed by atoms with E-state index in [1.807, 2.05) is 54.6 Å². The molecule has 0 radical (unpaired) electrons. The van der Waals surface area contributed by atoms with Gasteiger partial charge in [0.2, 0.25) is 0 Å². The van der Waals surface area contributed by atoms with E-state index < -0.39 is 5.60 Å². The van der Waals surface area contributed by atoms with Crippen molar-refractivity contribution in [2.75, 3.05) is 6.54 Å². The average Bonchev–Trinajstić information content (AvgIpc) is 2.97. The lowest BCUT2D eigenvalue weighted by Gasteiger charge is -2.29. The largest absolute Gasteiger partial charge is 0.389 e. The van der Waals surface area contributed by atoms with Crippen molar-refractivity contribution in [1.82, 2.24) is 15.1 Å². The molecule has 0 aliphatic carbocycles. The van der Waals surface area contributed by atoms with Crippen LogP contribution in [0.5, 0.6) is 0 Å². The molecule has 0 fully saturated rings. The van der Waals surface area contributed by atoms with Gasteiger partial charge < -0.3 is 10.0 Å². The molecule has 5 heteroatoms. The van der Waals surface area contributed by atoms with Crippen LogP contribution < -0.4 is 0 Å². The molecule has 124 valence electrons. The standard InChI is InChI=1S/C19H21N3O2/c1-19(2,24)13-22(12-14-8-4-3-5-9-14)18(23)17-15-10-6-7-11-16(15)20-21-17/h3-11,24H,12-13H2,1-2H3,(H,20,21). The fourth-order valence-corrected chi connectivity index (χ4v) is 2.75. The highest BCUT2D eigenvalue weighted by atomic mass is 16.3. The number of hydrogen-bond acceptors (Lipinski definition) is 3. The fourth-order valence-electron chi connectivity index (χ4n) is 2.75. The van der Waals surface area contributed by atoms with E-state index in [4.69, 9.17) is 0 Å². The summed E-state index contributed by atoms with van der Waals surface area (Å²) in [7, 11) is 0. The van der Waals surface area contributed by atoms with Crippen molar-refractivity contribution in [2.24, 2.45) is 0 Å². The van der Waals surface area contributed by atoms with Crippen LogP contribution in [0, 0.1) is 0 Å². The van der Waals surface area contributed by atoms with Crippen molar-refractivity contribution in [2.45, 2.75) is 26.0 Å². The topological polar surface area (TPSA) is 69.2 Å². The van der Waals surface area contributed by atoms with E-state index in [1.165, 1.54) is 0 Å². The number of aromatic amines is 1. The Morgan fingerprint density at radius 2 is 1.79 bits per heavy atom. The average molecular weight is 323 g/mol. The summed E-state index contributed by atoms with van der Waals surface area (Å²) in [4.78, 5) is 14.7. The first-order valence-electron chi connectivity index (χ1n) is 7.93. The summed E-state index contributed by atoms with van der Waals surface area (Å²) < 4.78 is 0. The molecule has 3 aromatic rings. The Kier molecular flexibility index (Phi) is 4.36. The third-order valence-electron chi connectivity index (χ3n) is 3.75. The van der Waals surface area contributed by atoms with Gasteiger partial charge in [-0.05, 0) is 25.5 Å². The summed E-state index contributed by atoms with van der Waals surface area (Å²) in [6.45, 7) is 4.04. The number of para-hydroxylation sites is 1. The second kappa shape index (κ2) is 6.45. The van der Waals surface area contributed by atoms with Gasteiger partial charge in [0.1, 0.15) is 0 Å². The maximum absolute atomic E-state index is 13.0. The summed E-state index contributed by atoms with van der Waals surface area (Å²) in [5.74, 6) is -0.196. The van der Waals surface area contributed by atoms with Gasteiger partial charge in [-0.25, -0.2) is 0 Å². The lowest BCUT2D eigenvalue weighted by molar-refractivity contribution is 0.0278. The summed E-state index contributed by atoms with van der Waals surface area (Å²) >= 11 is 0. The van der Waals surface area contributed by atoms with Crippen LogP contribution in [0.2, 0.25) is 0 Å². The quantitative estimate of drug-likeness (QED) is 0.758. The van der Waals surface area contributed by atoms with E-state index in [-0.39, 0.29) is 12.5 Å². The lowest BCUT2D eigenvalue weighted by atomic mass is 10.1. The van der Waals surface area contributed by atoms with E-state index in [0.29, 0.717) is 12.2 Å². The third kappa shape index (κ3) is 3.63. The molecule has 0 saturated heterocycles. The normalized spacial score (nSPS) is 11.6. The molecule has 0 saturated carbocycles. The minimum atomic E-state index is -0.990. The highest BCUT2D eigenvalue weighted by Gasteiger charge is 2.26. The van der Waals surface area contributed by atoms with E-state index in [1.54, 1.807) is 18.7 Å². The number of hydrogen-bond donors (Lipinski definition) is 2. The Morgan fingerprint density at radius 3 is 2.50 bits per heavy atom. The van der Waals surface area contributed by atoms with Crippen LogP contribution >= 0.6 is 0 Å². The predicted molar refractivity (Wildman–Crippen MR) is 93.6 cm³/mol. The van der Waals surface area contributed by atoms with Crippen LogP contribution in [0.15, 0.2) is 54.6 Å². The number of rotatable bonds is 5. The minimum Gasteiger partial charge on any atom is -0.389 e. The number of aromatic nitrogens is 2. The molecule has 0 aliphatic rings. The van der Waals surface area contributed by atoms with E-state index >= 15 is 0 Å². The first-order chi connectivity index (χ1) is 11.4. The van der Waals surface area contributed by atoms with E-state index in [9.17, 15) is 9.90 Å². The Morgan fingerprint density at radius 1 is 1.12 bits per heavy atom. The number of H-pyrrole nitrogens is 1. The monoisotopic (exact) mass is 323 g/mol. The Balaban J connectivity index is 1.93. The predicted octanol–water partition coefficient (Wildman–Crippen LogP) is 2.98. The number of aliphatic hydroxyl groups is 1. The van der Waals surface area contributed by atoms with Gasteiger partial charge >= 0.3 is 0 Å². The Bertz CT molecular complexity index is 834. The molecule has 3 rings (SSSR count). The fraction of sp³-hybridized carbons (Fsp3) is 0.263. The Hall–Kier alpha value is -2.66. The molecule has 0 spiro atoms. The van der Waals surface area contributed by atoms with Gasteiger partial charge in [-0.2, -0.15) is 5.10 Å². The zero-order valence-corrected chi connectivity index (χ0v) is 13.9. The van der Waals surface area contributed by atoms with Crippen molar-refractivity contribution in [3.63, 3.8) is 0 Å². The molecule has 5 nitrogen and oxygen atoms in total. The molecule has 0 aliphatic heterocycles. The minimum absolute atomic E-state index is 0.196. The van der Waals surface area contributed by atoms with Crippen molar-refractivity contribution >= 4 is 16.8 Å². The summed E-state index contributed by atoms with van der Waals surface area (Å²) in [6, 6.07) is 17.3. The van der Waals surface area contributed by atoms with Crippen LogP contribution in [0.4, 0.5) is 0 Å². The van der Waals surface area contributed by atoms with Crippen LogP contribution in [0.3, 0.4) is 0 Å². The molecule has 2 N–H and O–H groups in total. The van der Waals surface area contributed by atoms with Gasteiger partial charge in [-0.15, -0.1) is 0 Å². The number of carbonyl (C=O) groups excluding carboxylic acids is 1. The highest BCUT2D eigenvalue weighted by Crippen LogP contribution is 2.19. The molecule has 0 unspecified atom stereocenters. The summed E-state index contributed by atoms with van der Waals surface area (Å²) in [5, 5.41) is 18.1. The zero-order chi connectivity index (χ0) is 17.2. The first-order valence-corrected chi connectivity index (χ1v) is 7.93. The van der Waals surface area contributed by atoms with Crippen molar-refractivity contribution in [3.05, 3.63) is 65.9 Å². The maximum atomic E-state index is 13.0. The van der Waals surface area contributed by atoms with Gasteiger partial charge in [-0.1, -0.05) is 48.5 Å². The number of benzene rings is 2. The summed E-state index contributed by atoms with van der Waals surface area (Å²) in [5.41, 5.74) is 1.22. The molecule has 2 aromatic carbocycles. The second-order valence-electron chi connectivity index (χ2n) is 6.58. The van der Waals surface area contributed by atoms with Gasteiger partial charge in [-0.3, -0.25) is 9.89 Å². The molecule has 0 atom stereocenters. The smallest absolute Gasteiger partial charge is 0.275 e. The molecule has 1 heterocycles. The number of fused-ring (bicyclic) bond motifs is 1. The highest BCUT2D eigenvalue weighted by molar-refractivity contribution is 6.04. The molecule has 24 heavy (non-hydrogen) atoms. The zero-order valence-electron chi connectivity index (χ0n) is 13.9. The van der Waals surface area contributed by atoms with Crippen molar-refractivity contribution in [3.8, 4) is 0 Å². The van der Waals surface area contributed by atoms with Gasteiger partial charge in [0, 0.05) is 18.5 Å². The maximum Gasteiger partial charge on any atom is 0.275 e. The molecule has 1 amide bonds. The molecular formula is C19H21N3O2. The van der Waals surface area contributed by atoms with Crippen LogP contribution in [0.25, 0.3) is 10.9 Å². The van der Waals surface area contributed by atoms with Crippen molar-refractivity contribution < 1.29 is 9.90 Å². The molecule has 0 bridgehead atoms. The van der Waals surface area contributed by atoms with Crippen LogP contribution in [0.1, 0.15) is 29.9 Å². The van der Waals surface area contributed by atoms with Crippen LogP contribution in [-0.4, -0.2) is 38.3 Å². The summed E-state index contributed by atoms with van der Waals surface area (Å²) in [6.07, 6.45) is 0. The van der Waals surface area contributed by atoms with Crippen LogP contribution in [-0.2, 0) is 6.54 Å². The number of nitrogens with one attached hydrogen (secondary N) is 1. The second-order valence-corrected chi connectivity index (χ2v) is 6.58. The van der Waals surface area contributed by atoms with Crippen molar-refractivity contribution in [1.29, 1.82) is 0 Å². The molecular weight excluding hydrogens is 302 g/mol. The SMILES string of the molecule is CC(C)(O)CN(Cc1ccccc1)C(=O)c1n[nH]c2ccccc12. The van der Waals surface area contributed by atoms with Gasteiger partial charge in [0.15, 0.2) is 5.69 Å². The lowest BCUT2D eigenvalue weighted by Crippen LogP contribution is -2.42. The number of nitrogens with zero attached hydrogens (tertiary/aromatic N) is 2. The number of amides is 1. The van der Waals surface area contributed by atoms with E-state index in [0.717, 1.165) is 16.5 Å². The van der Waals surface area contributed by atoms with E-state index in [2.05, 4.69) is 10.2 Å².